The van der Waals surface area contributed by atoms with Gasteiger partial charge in [-0.1, -0.05) is 42.5 Å². The van der Waals surface area contributed by atoms with E-state index in [0.717, 1.165) is 22.4 Å². The van der Waals surface area contributed by atoms with E-state index in [9.17, 15) is 4.79 Å². The second-order valence-corrected chi connectivity index (χ2v) is 4.99. The zero-order valence-electron chi connectivity index (χ0n) is 12.1. The monoisotopic (exact) mass is 291 g/mol. The molecule has 1 aromatic heterocycles. The largest absolute Gasteiger partial charge is 0.352 e. The van der Waals surface area contributed by atoms with Gasteiger partial charge in [-0.2, -0.15) is 0 Å². The zero-order valence-corrected chi connectivity index (χ0v) is 12.1. The molecule has 4 nitrogen and oxygen atoms in total. The second kappa shape index (κ2) is 6.72. The molecule has 3 rings (SSSR count). The number of amides is 1. The van der Waals surface area contributed by atoms with Gasteiger partial charge in [0.1, 0.15) is 5.82 Å². The average molecular weight is 291 g/mol. The maximum Gasteiger partial charge on any atom is 0.244 e. The summed E-state index contributed by atoms with van der Waals surface area (Å²) < 4.78 is 0. The molecule has 22 heavy (non-hydrogen) atoms. The summed E-state index contributed by atoms with van der Waals surface area (Å²) in [5.41, 5.74) is 2.98. The summed E-state index contributed by atoms with van der Waals surface area (Å²) in [6.45, 7) is 0.553. The highest BCUT2D eigenvalue weighted by atomic mass is 16.1. The number of hydrogen-bond donors (Lipinski definition) is 2. The molecule has 0 spiro atoms. The predicted octanol–water partition coefficient (Wildman–Crippen LogP) is 2.94. The first-order valence-electron chi connectivity index (χ1n) is 7.26. The van der Waals surface area contributed by atoms with E-state index in [1.165, 1.54) is 0 Å². The van der Waals surface area contributed by atoms with Crippen molar-refractivity contribution in [3.05, 3.63) is 72.1 Å². The smallest absolute Gasteiger partial charge is 0.244 e. The number of aromatic nitrogens is 2. The molecule has 0 aliphatic heterocycles. The van der Waals surface area contributed by atoms with Gasteiger partial charge in [-0.05, 0) is 23.8 Å². The second-order valence-electron chi connectivity index (χ2n) is 4.99. The minimum atomic E-state index is -0.0973. The SMILES string of the molecule is O=C(/C=C/c1ccccc1)NCCc1nc2ccccc2[nH]1. The number of aromatic amines is 1. The van der Waals surface area contributed by atoms with Crippen LogP contribution in [0.1, 0.15) is 11.4 Å². The van der Waals surface area contributed by atoms with Crippen molar-refractivity contribution in [3.63, 3.8) is 0 Å². The highest BCUT2D eigenvalue weighted by Crippen LogP contribution is 2.10. The average Bonchev–Trinajstić information content (AvgIpc) is 2.96. The van der Waals surface area contributed by atoms with Crippen molar-refractivity contribution < 1.29 is 4.79 Å². The number of nitrogens with one attached hydrogen (secondary N) is 2. The molecule has 0 aliphatic carbocycles. The van der Waals surface area contributed by atoms with Crippen LogP contribution in [0.4, 0.5) is 0 Å². The van der Waals surface area contributed by atoms with Crippen LogP contribution in [0.15, 0.2) is 60.7 Å². The van der Waals surface area contributed by atoms with Gasteiger partial charge in [0, 0.05) is 19.0 Å². The molecule has 0 saturated heterocycles. The summed E-state index contributed by atoms with van der Waals surface area (Å²) in [6.07, 6.45) is 4.03. The van der Waals surface area contributed by atoms with Crippen molar-refractivity contribution in [2.75, 3.05) is 6.54 Å². The lowest BCUT2D eigenvalue weighted by Gasteiger charge is -1.99. The number of rotatable bonds is 5. The lowest BCUT2D eigenvalue weighted by Crippen LogP contribution is -2.23. The van der Waals surface area contributed by atoms with Crippen molar-refractivity contribution in [1.29, 1.82) is 0 Å². The maximum atomic E-state index is 11.8. The Bertz CT molecular complexity index is 757. The quantitative estimate of drug-likeness (QED) is 0.710. The third-order valence-electron chi connectivity index (χ3n) is 3.33. The maximum absolute atomic E-state index is 11.8. The van der Waals surface area contributed by atoms with Crippen LogP contribution in [-0.4, -0.2) is 22.4 Å². The van der Waals surface area contributed by atoms with E-state index in [1.807, 2.05) is 54.6 Å². The van der Waals surface area contributed by atoms with Gasteiger partial charge in [0.2, 0.25) is 5.91 Å². The fourth-order valence-corrected chi connectivity index (χ4v) is 2.22. The number of fused-ring (bicyclic) bond motifs is 1. The van der Waals surface area contributed by atoms with E-state index in [4.69, 9.17) is 0 Å². The first-order valence-corrected chi connectivity index (χ1v) is 7.26. The Morgan fingerprint density at radius 1 is 1.09 bits per heavy atom. The van der Waals surface area contributed by atoms with Gasteiger partial charge in [0.15, 0.2) is 0 Å². The molecule has 110 valence electrons. The molecule has 2 N–H and O–H groups in total. The van der Waals surface area contributed by atoms with Gasteiger partial charge < -0.3 is 10.3 Å². The van der Waals surface area contributed by atoms with E-state index in [-0.39, 0.29) is 5.91 Å². The molecule has 0 aliphatic rings. The fraction of sp³-hybridized carbons (Fsp3) is 0.111. The number of carbonyl (C=O) groups excluding carboxylic acids is 1. The van der Waals surface area contributed by atoms with E-state index in [2.05, 4.69) is 15.3 Å². The number of carbonyl (C=O) groups is 1. The first kappa shape index (κ1) is 14.1. The van der Waals surface area contributed by atoms with Crippen LogP contribution in [0.25, 0.3) is 17.1 Å². The van der Waals surface area contributed by atoms with E-state index < -0.39 is 0 Å². The summed E-state index contributed by atoms with van der Waals surface area (Å²) in [4.78, 5) is 19.5. The summed E-state index contributed by atoms with van der Waals surface area (Å²) in [5, 5.41) is 2.86. The Morgan fingerprint density at radius 2 is 1.86 bits per heavy atom. The predicted molar refractivity (Wildman–Crippen MR) is 88.3 cm³/mol. The summed E-state index contributed by atoms with van der Waals surface area (Å²) in [7, 11) is 0. The molecule has 4 heteroatoms. The molecular weight excluding hydrogens is 274 g/mol. The number of nitrogens with zero attached hydrogens (tertiary/aromatic N) is 1. The van der Waals surface area contributed by atoms with Crippen LogP contribution in [0, 0.1) is 0 Å². The molecule has 0 radical (unpaired) electrons. The van der Waals surface area contributed by atoms with Crippen LogP contribution in [0.2, 0.25) is 0 Å². The standard InChI is InChI=1S/C18H17N3O/c22-18(11-10-14-6-2-1-3-7-14)19-13-12-17-20-15-8-4-5-9-16(15)21-17/h1-11H,12-13H2,(H,19,22)(H,20,21)/b11-10+. The molecule has 3 aromatic rings. The van der Waals surface area contributed by atoms with Gasteiger partial charge in [0.05, 0.1) is 11.0 Å². The third kappa shape index (κ3) is 3.61. The Morgan fingerprint density at radius 3 is 2.68 bits per heavy atom. The number of para-hydroxylation sites is 2. The molecule has 0 saturated carbocycles. The van der Waals surface area contributed by atoms with Crippen molar-refractivity contribution in [3.8, 4) is 0 Å². The summed E-state index contributed by atoms with van der Waals surface area (Å²) >= 11 is 0. The minimum absolute atomic E-state index is 0.0973. The van der Waals surface area contributed by atoms with E-state index >= 15 is 0 Å². The third-order valence-corrected chi connectivity index (χ3v) is 3.33. The lowest BCUT2D eigenvalue weighted by molar-refractivity contribution is -0.116. The number of hydrogen-bond acceptors (Lipinski definition) is 2. The van der Waals surface area contributed by atoms with Crippen LogP contribution in [0.5, 0.6) is 0 Å². The molecular formula is C18H17N3O. The van der Waals surface area contributed by atoms with Crippen molar-refractivity contribution >= 4 is 23.0 Å². The van der Waals surface area contributed by atoms with Gasteiger partial charge in [0.25, 0.3) is 0 Å². The van der Waals surface area contributed by atoms with Crippen LogP contribution < -0.4 is 5.32 Å². The lowest BCUT2D eigenvalue weighted by atomic mass is 10.2. The van der Waals surface area contributed by atoms with Gasteiger partial charge in [-0.3, -0.25) is 4.79 Å². The highest BCUT2D eigenvalue weighted by Gasteiger charge is 2.02. The fourth-order valence-electron chi connectivity index (χ4n) is 2.22. The Balaban J connectivity index is 1.50. The van der Waals surface area contributed by atoms with Gasteiger partial charge in [-0.25, -0.2) is 4.98 Å². The molecule has 0 bridgehead atoms. The van der Waals surface area contributed by atoms with Crippen LogP contribution in [-0.2, 0) is 11.2 Å². The molecule has 0 unspecified atom stereocenters. The number of benzene rings is 2. The van der Waals surface area contributed by atoms with Gasteiger partial charge >= 0.3 is 0 Å². The van der Waals surface area contributed by atoms with Gasteiger partial charge in [-0.15, -0.1) is 0 Å². The minimum Gasteiger partial charge on any atom is -0.352 e. The van der Waals surface area contributed by atoms with Crippen molar-refractivity contribution in [2.45, 2.75) is 6.42 Å². The molecule has 2 aromatic carbocycles. The van der Waals surface area contributed by atoms with Crippen LogP contribution in [0.3, 0.4) is 0 Å². The topological polar surface area (TPSA) is 57.8 Å². The molecule has 0 atom stereocenters. The Labute approximate surface area is 128 Å². The molecule has 1 amide bonds. The summed E-state index contributed by atoms with van der Waals surface area (Å²) in [5.74, 6) is 0.786. The number of H-pyrrole nitrogens is 1. The highest BCUT2D eigenvalue weighted by molar-refractivity contribution is 5.91. The van der Waals surface area contributed by atoms with Crippen molar-refractivity contribution in [1.82, 2.24) is 15.3 Å². The van der Waals surface area contributed by atoms with E-state index in [1.54, 1.807) is 12.2 Å². The molecule has 1 heterocycles. The zero-order chi connectivity index (χ0) is 15.2. The first-order chi connectivity index (χ1) is 10.8. The Hall–Kier alpha value is -2.88. The summed E-state index contributed by atoms with van der Waals surface area (Å²) in [6, 6.07) is 17.6. The van der Waals surface area contributed by atoms with Crippen molar-refractivity contribution in [2.24, 2.45) is 0 Å². The normalized spacial score (nSPS) is 11.1. The van der Waals surface area contributed by atoms with Crippen LogP contribution >= 0.6 is 0 Å². The Kier molecular flexibility index (Phi) is 4.30. The van der Waals surface area contributed by atoms with E-state index in [0.29, 0.717) is 13.0 Å². The molecule has 0 fully saturated rings. The number of imidazole rings is 1.